The zero-order valence-electron chi connectivity index (χ0n) is 21.1. The minimum Gasteiger partial charge on any atom is -0.508 e. The summed E-state index contributed by atoms with van der Waals surface area (Å²) in [5.74, 6) is 0.707. The molecular formula is C29H25Cl2N3O5S. The predicted octanol–water partition coefficient (Wildman–Crippen LogP) is 6.25. The second kappa shape index (κ2) is 11.7. The average Bonchev–Trinajstić information content (AvgIpc) is 2.95. The molecule has 0 aromatic heterocycles. The number of sulfonamides is 1. The average molecular weight is 599 g/mol. The van der Waals surface area contributed by atoms with Crippen molar-refractivity contribution in [3.05, 3.63) is 107 Å². The number of phenolic OH excluding ortho intramolecular Hbond substituents is 1. The third-order valence-electron chi connectivity index (χ3n) is 6.42. The van der Waals surface area contributed by atoms with Crippen LogP contribution in [0.2, 0.25) is 10.0 Å². The Balaban J connectivity index is 1.30. The van der Waals surface area contributed by atoms with E-state index in [0.29, 0.717) is 47.7 Å². The van der Waals surface area contributed by atoms with Crippen molar-refractivity contribution in [2.75, 3.05) is 35.8 Å². The lowest BCUT2D eigenvalue weighted by Gasteiger charge is -2.36. The highest BCUT2D eigenvalue weighted by molar-refractivity contribution is 7.92. The van der Waals surface area contributed by atoms with Crippen LogP contribution < -0.4 is 14.4 Å². The summed E-state index contributed by atoms with van der Waals surface area (Å²) in [4.78, 5) is 17.2. The van der Waals surface area contributed by atoms with Gasteiger partial charge in [0.25, 0.3) is 15.9 Å². The zero-order chi connectivity index (χ0) is 28.3. The topological polar surface area (TPSA) is 99.2 Å². The maximum absolute atomic E-state index is 13.5. The Morgan fingerprint density at radius 2 is 1.57 bits per heavy atom. The van der Waals surface area contributed by atoms with E-state index in [0.717, 1.165) is 5.69 Å². The lowest BCUT2D eigenvalue weighted by atomic mass is 10.1. The SMILES string of the molecule is O=C(c1cc(Cl)ccc1NS(=O)(=O)c1ccc(Oc2ccccc2Cl)cc1)N1CCN(c2cccc(O)c2)CC1. The molecule has 1 fully saturated rings. The van der Waals surface area contributed by atoms with Gasteiger partial charge in [0.05, 0.1) is 21.2 Å². The van der Waals surface area contributed by atoms with Gasteiger partial charge in [-0.2, -0.15) is 0 Å². The van der Waals surface area contributed by atoms with Crippen molar-refractivity contribution in [2.45, 2.75) is 4.90 Å². The van der Waals surface area contributed by atoms with Crippen molar-refractivity contribution in [1.82, 2.24) is 4.90 Å². The Morgan fingerprint density at radius 3 is 2.27 bits per heavy atom. The van der Waals surface area contributed by atoms with Gasteiger partial charge in [-0.3, -0.25) is 9.52 Å². The second-order valence-electron chi connectivity index (χ2n) is 9.10. The molecule has 0 aliphatic carbocycles. The van der Waals surface area contributed by atoms with E-state index in [4.69, 9.17) is 27.9 Å². The number of rotatable bonds is 7. The lowest BCUT2D eigenvalue weighted by Crippen LogP contribution is -2.49. The standard InChI is InChI=1S/C29H25Cl2N3O5S/c30-20-8-13-27(25(18-20)29(36)34-16-14-33(15-17-34)21-4-3-5-22(35)19-21)32-40(37,38)24-11-9-23(10-12-24)39-28-7-2-1-6-26(28)31/h1-13,18-19,32,35H,14-17H2. The molecule has 8 nitrogen and oxygen atoms in total. The van der Waals surface area contributed by atoms with Gasteiger partial charge in [-0.25, -0.2) is 8.42 Å². The summed E-state index contributed by atoms with van der Waals surface area (Å²) in [6, 6.07) is 24.3. The largest absolute Gasteiger partial charge is 0.508 e. The minimum absolute atomic E-state index is 0.00733. The van der Waals surface area contributed by atoms with E-state index in [1.807, 2.05) is 6.07 Å². The summed E-state index contributed by atoms with van der Waals surface area (Å²) < 4.78 is 34.7. The van der Waals surface area contributed by atoms with E-state index >= 15 is 0 Å². The number of para-hydroxylation sites is 1. The molecule has 2 N–H and O–H groups in total. The van der Waals surface area contributed by atoms with Gasteiger partial charge in [-0.05, 0) is 66.7 Å². The summed E-state index contributed by atoms with van der Waals surface area (Å²) in [6.45, 7) is 1.94. The molecule has 206 valence electrons. The van der Waals surface area contributed by atoms with Gasteiger partial charge in [0, 0.05) is 43.0 Å². The zero-order valence-corrected chi connectivity index (χ0v) is 23.5. The molecule has 1 aliphatic heterocycles. The van der Waals surface area contributed by atoms with Crippen LogP contribution in [-0.4, -0.2) is 50.5 Å². The van der Waals surface area contributed by atoms with Crippen molar-refractivity contribution in [1.29, 1.82) is 0 Å². The first-order valence-corrected chi connectivity index (χ1v) is 14.6. The number of phenols is 1. The van der Waals surface area contributed by atoms with Gasteiger partial charge >= 0.3 is 0 Å². The van der Waals surface area contributed by atoms with Gasteiger partial charge in [0.1, 0.15) is 17.2 Å². The van der Waals surface area contributed by atoms with Crippen LogP contribution in [0.3, 0.4) is 0 Å². The Labute approximate surface area is 242 Å². The van der Waals surface area contributed by atoms with Crippen LogP contribution >= 0.6 is 23.2 Å². The van der Waals surface area contributed by atoms with Gasteiger partial charge < -0.3 is 19.6 Å². The van der Waals surface area contributed by atoms with Crippen molar-refractivity contribution < 1.29 is 23.1 Å². The van der Waals surface area contributed by atoms with E-state index in [2.05, 4.69) is 9.62 Å². The minimum atomic E-state index is -4.04. The molecular weight excluding hydrogens is 573 g/mol. The van der Waals surface area contributed by atoms with Crippen LogP contribution in [0.1, 0.15) is 10.4 Å². The molecule has 11 heteroatoms. The third-order valence-corrected chi connectivity index (χ3v) is 8.35. The van der Waals surface area contributed by atoms with Crippen LogP contribution in [0.4, 0.5) is 11.4 Å². The Morgan fingerprint density at radius 1 is 0.850 bits per heavy atom. The number of halogens is 2. The predicted molar refractivity (Wildman–Crippen MR) is 156 cm³/mol. The summed E-state index contributed by atoms with van der Waals surface area (Å²) >= 11 is 12.3. The highest BCUT2D eigenvalue weighted by Gasteiger charge is 2.26. The lowest BCUT2D eigenvalue weighted by molar-refractivity contribution is 0.0748. The molecule has 0 unspecified atom stereocenters. The van der Waals surface area contributed by atoms with E-state index in [1.54, 1.807) is 47.4 Å². The van der Waals surface area contributed by atoms with E-state index in [-0.39, 0.29) is 27.8 Å². The molecule has 4 aromatic rings. The van der Waals surface area contributed by atoms with Gasteiger partial charge in [0.2, 0.25) is 0 Å². The first-order valence-electron chi connectivity index (χ1n) is 12.4. The first-order chi connectivity index (χ1) is 19.2. The van der Waals surface area contributed by atoms with Gasteiger partial charge in [0.15, 0.2) is 0 Å². The maximum Gasteiger partial charge on any atom is 0.261 e. The van der Waals surface area contributed by atoms with Crippen molar-refractivity contribution in [2.24, 2.45) is 0 Å². The summed E-state index contributed by atoms with van der Waals surface area (Å²) in [5.41, 5.74) is 1.15. The number of nitrogens with zero attached hydrogens (tertiary/aromatic N) is 2. The van der Waals surface area contributed by atoms with Crippen molar-refractivity contribution >= 4 is 50.5 Å². The fourth-order valence-corrected chi connectivity index (χ4v) is 5.78. The molecule has 1 aliphatic rings. The van der Waals surface area contributed by atoms with Crippen LogP contribution in [0.5, 0.6) is 17.2 Å². The normalized spacial score (nSPS) is 13.7. The number of anilines is 2. The van der Waals surface area contributed by atoms with Gasteiger partial charge in [-0.15, -0.1) is 0 Å². The first kappa shape index (κ1) is 27.6. The van der Waals surface area contributed by atoms with E-state index in [1.165, 1.54) is 42.5 Å². The monoisotopic (exact) mass is 597 g/mol. The van der Waals surface area contributed by atoms with Crippen molar-refractivity contribution in [3.63, 3.8) is 0 Å². The quantitative estimate of drug-likeness (QED) is 0.261. The van der Waals surface area contributed by atoms with E-state index < -0.39 is 10.0 Å². The van der Waals surface area contributed by atoms with Crippen LogP contribution in [0.15, 0.2) is 95.9 Å². The molecule has 1 heterocycles. The fourth-order valence-electron chi connectivity index (χ4n) is 4.36. The smallest absolute Gasteiger partial charge is 0.261 e. The number of benzene rings is 4. The number of piperazine rings is 1. The summed E-state index contributed by atoms with van der Waals surface area (Å²) in [5, 5.41) is 10.5. The van der Waals surface area contributed by atoms with Crippen LogP contribution in [-0.2, 0) is 10.0 Å². The molecule has 0 bridgehead atoms. The number of nitrogens with one attached hydrogen (secondary N) is 1. The number of carbonyl (C=O) groups is 1. The number of hydrogen-bond donors (Lipinski definition) is 2. The third kappa shape index (κ3) is 6.28. The highest BCUT2D eigenvalue weighted by Crippen LogP contribution is 2.31. The van der Waals surface area contributed by atoms with Crippen LogP contribution in [0, 0.1) is 0 Å². The molecule has 4 aromatic carbocycles. The Kier molecular flexibility index (Phi) is 8.07. The number of ether oxygens (including phenoxy) is 1. The summed E-state index contributed by atoms with van der Waals surface area (Å²) in [7, 11) is -4.04. The fraction of sp³-hybridized carbons (Fsp3) is 0.138. The van der Waals surface area contributed by atoms with Gasteiger partial charge in [-0.1, -0.05) is 41.4 Å². The summed E-state index contributed by atoms with van der Waals surface area (Å²) in [6.07, 6.45) is 0. The molecule has 1 amide bonds. The molecule has 0 atom stereocenters. The van der Waals surface area contributed by atoms with E-state index in [9.17, 15) is 18.3 Å². The highest BCUT2D eigenvalue weighted by atomic mass is 35.5. The number of aromatic hydroxyl groups is 1. The molecule has 0 saturated carbocycles. The van der Waals surface area contributed by atoms with Crippen LogP contribution in [0.25, 0.3) is 0 Å². The van der Waals surface area contributed by atoms with Crippen molar-refractivity contribution in [3.8, 4) is 17.2 Å². The molecule has 5 rings (SSSR count). The number of hydrogen-bond acceptors (Lipinski definition) is 6. The Hall–Kier alpha value is -3.92. The number of carbonyl (C=O) groups excluding carboxylic acids is 1. The maximum atomic E-state index is 13.5. The molecule has 0 spiro atoms. The molecule has 0 radical (unpaired) electrons. The second-order valence-corrected chi connectivity index (χ2v) is 11.6. The number of amides is 1. The molecule has 1 saturated heterocycles. The molecule has 40 heavy (non-hydrogen) atoms. The Bertz CT molecular complexity index is 1640.